The second kappa shape index (κ2) is 6.01. The molecule has 0 fully saturated rings. The lowest BCUT2D eigenvalue weighted by molar-refractivity contribution is 0.0690. The molecule has 2 aromatic rings. The summed E-state index contributed by atoms with van der Waals surface area (Å²) >= 11 is 0. The maximum atomic E-state index is 10.9. The number of carbonyl (C=O) groups is 1. The van der Waals surface area contributed by atoms with Gasteiger partial charge in [0.05, 0.1) is 0 Å². The van der Waals surface area contributed by atoms with Gasteiger partial charge in [0, 0.05) is 12.6 Å². The topological polar surface area (TPSA) is 95.3 Å². The molecule has 0 saturated carbocycles. The van der Waals surface area contributed by atoms with Gasteiger partial charge in [-0.05, 0) is 31.0 Å². The van der Waals surface area contributed by atoms with Gasteiger partial charge in [-0.15, -0.1) is 0 Å². The fourth-order valence-corrected chi connectivity index (χ4v) is 1.77. The van der Waals surface area contributed by atoms with Crippen LogP contribution in [-0.4, -0.2) is 32.7 Å². The van der Waals surface area contributed by atoms with Gasteiger partial charge in [-0.25, -0.2) is 14.8 Å². The Morgan fingerprint density at radius 1 is 1.25 bits per heavy atom. The molecule has 1 aromatic carbocycles. The average Bonchev–Trinajstić information content (AvgIpc) is 2.40. The van der Waals surface area contributed by atoms with Gasteiger partial charge >= 0.3 is 5.97 Å². The fraction of sp³-hybridized carbons (Fsp3) is 0.214. The van der Waals surface area contributed by atoms with Crippen LogP contribution in [0.25, 0.3) is 0 Å². The predicted molar refractivity (Wildman–Crippen MR) is 74.0 cm³/mol. The number of phenols is 1. The summed E-state index contributed by atoms with van der Waals surface area (Å²) < 4.78 is 0. The second-order valence-electron chi connectivity index (χ2n) is 4.33. The molecule has 1 aromatic heterocycles. The Balaban J connectivity index is 1.97. The molecule has 20 heavy (non-hydrogen) atoms. The molecular weight excluding hydrogens is 258 g/mol. The number of aryl methyl sites for hydroxylation is 1. The highest BCUT2D eigenvalue weighted by Gasteiger charge is 2.08. The highest BCUT2D eigenvalue weighted by atomic mass is 16.4. The summed E-state index contributed by atoms with van der Waals surface area (Å²) in [5.41, 5.74) is 1.05. The van der Waals surface area contributed by atoms with Crippen molar-refractivity contribution in [3.63, 3.8) is 0 Å². The number of carboxylic acids is 1. The summed E-state index contributed by atoms with van der Waals surface area (Å²) in [4.78, 5) is 18.9. The lowest BCUT2D eigenvalue weighted by Crippen LogP contribution is -2.10. The van der Waals surface area contributed by atoms with Crippen molar-refractivity contribution in [3.8, 4) is 5.75 Å². The number of nitrogens with zero attached hydrogens (tertiary/aromatic N) is 2. The van der Waals surface area contributed by atoms with Crippen LogP contribution < -0.4 is 5.32 Å². The molecule has 0 radical (unpaired) electrons. The molecule has 0 aliphatic heterocycles. The molecule has 0 saturated heterocycles. The summed E-state index contributed by atoms with van der Waals surface area (Å²) in [6, 6.07) is 8.35. The smallest absolute Gasteiger partial charge is 0.354 e. The van der Waals surface area contributed by atoms with Gasteiger partial charge in [0.25, 0.3) is 0 Å². The number of phenolic OH excluding ortho intramolecular Hbond substituents is 1. The Bertz CT molecular complexity index is 612. The van der Waals surface area contributed by atoms with E-state index in [2.05, 4.69) is 15.3 Å². The Kier molecular flexibility index (Phi) is 4.14. The molecule has 0 spiro atoms. The van der Waals surface area contributed by atoms with Gasteiger partial charge in [0.1, 0.15) is 17.4 Å². The summed E-state index contributed by atoms with van der Waals surface area (Å²) in [5, 5.41) is 21.2. The molecule has 104 valence electrons. The lowest BCUT2D eigenvalue weighted by atomic mass is 10.1. The van der Waals surface area contributed by atoms with E-state index in [1.165, 1.54) is 6.07 Å². The summed E-state index contributed by atoms with van der Waals surface area (Å²) in [7, 11) is 0. The molecule has 0 atom stereocenters. The molecular formula is C14H15N3O3. The van der Waals surface area contributed by atoms with Crippen molar-refractivity contribution in [2.45, 2.75) is 13.3 Å². The number of nitrogens with one attached hydrogen (secondary N) is 1. The number of aromatic nitrogens is 2. The number of carboxylic acid groups (broad SMARTS) is 1. The van der Waals surface area contributed by atoms with Crippen LogP contribution in [0.1, 0.15) is 21.9 Å². The summed E-state index contributed by atoms with van der Waals surface area (Å²) in [6.45, 7) is 2.26. The molecule has 0 amide bonds. The first kappa shape index (κ1) is 13.8. The number of aromatic hydroxyl groups is 1. The third kappa shape index (κ3) is 3.68. The van der Waals surface area contributed by atoms with Crippen molar-refractivity contribution < 1.29 is 15.0 Å². The molecule has 3 N–H and O–H groups in total. The fourth-order valence-electron chi connectivity index (χ4n) is 1.77. The van der Waals surface area contributed by atoms with Crippen LogP contribution in [0.5, 0.6) is 5.75 Å². The quantitative estimate of drug-likeness (QED) is 0.769. The number of aromatic carboxylic acids is 1. The van der Waals surface area contributed by atoms with E-state index in [-0.39, 0.29) is 11.4 Å². The average molecular weight is 273 g/mol. The predicted octanol–water partition coefficient (Wildman–Crippen LogP) is 1.84. The molecule has 6 nitrogen and oxygen atoms in total. The highest BCUT2D eigenvalue weighted by Crippen LogP contribution is 2.11. The first-order valence-electron chi connectivity index (χ1n) is 6.15. The summed E-state index contributed by atoms with van der Waals surface area (Å²) in [6.07, 6.45) is 0.742. The third-order valence-corrected chi connectivity index (χ3v) is 2.71. The lowest BCUT2D eigenvalue weighted by Gasteiger charge is -2.07. The Morgan fingerprint density at radius 2 is 1.95 bits per heavy atom. The van der Waals surface area contributed by atoms with Crippen LogP contribution in [0, 0.1) is 6.92 Å². The monoisotopic (exact) mass is 273 g/mol. The van der Waals surface area contributed by atoms with E-state index < -0.39 is 5.97 Å². The molecule has 0 unspecified atom stereocenters. The zero-order chi connectivity index (χ0) is 14.5. The van der Waals surface area contributed by atoms with Crippen LogP contribution >= 0.6 is 0 Å². The molecule has 0 bridgehead atoms. The van der Waals surface area contributed by atoms with Gasteiger partial charge < -0.3 is 15.5 Å². The molecule has 1 heterocycles. The minimum Gasteiger partial charge on any atom is -0.508 e. The largest absolute Gasteiger partial charge is 0.508 e. The minimum atomic E-state index is -1.07. The van der Waals surface area contributed by atoms with Crippen molar-refractivity contribution in [2.75, 3.05) is 11.9 Å². The van der Waals surface area contributed by atoms with Crippen LogP contribution in [0.4, 0.5) is 5.82 Å². The first-order valence-corrected chi connectivity index (χ1v) is 6.15. The number of benzene rings is 1. The zero-order valence-corrected chi connectivity index (χ0v) is 11.0. The molecule has 0 aliphatic carbocycles. The van der Waals surface area contributed by atoms with Crippen LogP contribution in [-0.2, 0) is 6.42 Å². The number of hydrogen-bond acceptors (Lipinski definition) is 5. The second-order valence-corrected chi connectivity index (χ2v) is 4.33. The third-order valence-electron chi connectivity index (χ3n) is 2.71. The maximum Gasteiger partial charge on any atom is 0.354 e. The molecule has 0 aliphatic rings. The van der Waals surface area contributed by atoms with Gasteiger partial charge in [0.15, 0.2) is 5.69 Å². The van der Waals surface area contributed by atoms with E-state index in [0.29, 0.717) is 18.2 Å². The minimum absolute atomic E-state index is 0.0235. The van der Waals surface area contributed by atoms with Crippen molar-refractivity contribution in [3.05, 3.63) is 47.4 Å². The van der Waals surface area contributed by atoms with Crippen molar-refractivity contribution in [2.24, 2.45) is 0 Å². The zero-order valence-electron chi connectivity index (χ0n) is 11.0. The van der Waals surface area contributed by atoms with Crippen molar-refractivity contribution in [1.29, 1.82) is 0 Å². The van der Waals surface area contributed by atoms with E-state index in [1.54, 1.807) is 19.1 Å². The maximum absolute atomic E-state index is 10.9. The Morgan fingerprint density at radius 3 is 2.60 bits per heavy atom. The van der Waals surface area contributed by atoms with E-state index in [9.17, 15) is 9.90 Å². The van der Waals surface area contributed by atoms with Gasteiger partial charge in [-0.1, -0.05) is 12.1 Å². The Hall–Kier alpha value is -2.63. The van der Waals surface area contributed by atoms with E-state index in [1.807, 2.05) is 12.1 Å². The van der Waals surface area contributed by atoms with Crippen molar-refractivity contribution >= 4 is 11.8 Å². The van der Waals surface area contributed by atoms with Gasteiger partial charge in [-0.3, -0.25) is 0 Å². The Labute approximate surface area is 116 Å². The van der Waals surface area contributed by atoms with Gasteiger partial charge in [-0.2, -0.15) is 0 Å². The van der Waals surface area contributed by atoms with Crippen LogP contribution in [0.3, 0.4) is 0 Å². The SMILES string of the molecule is Cc1nc(NCCc2ccc(O)cc2)cc(C(=O)O)n1. The standard InChI is InChI=1S/C14H15N3O3/c1-9-16-12(14(19)20)8-13(17-9)15-7-6-10-2-4-11(18)5-3-10/h2-5,8,18H,6-7H2,1H3,(H,19,20)(H,15,16,17). The number of hydrogen-bond donors (Lipinski definition) is 3. The van der Waals surface area contributed by atoms with E-state index in [0.717, 1.165) is 12.0 Å². The van der Waals surface area contributed by atoms with Crippen LogP contribution in [0.15, 0.2) is 30.3 Å². The number of rotatable bonds is 5. The number of anilines is 1. The normalized spacial score (nSPS) is 10.2. The highest BCUT2D eigenvalue weighted by molar-refractivity contribution is 5.86. The van der Waals surface area contributed by atoms with Crippen LogP contribution in [0.2, 0.25) is 0 Å². The van der Waals surface area contributed by atoms with Gasteiger partial charge in [0.2, 0.25) is 0 Å². The molecule has 2 rings (SSSR count). The molecule has 6 heteroatoms. The first-order chi connectivity index (χ1) is 9.54. The van der Waals surface area contributed by atoms with E-state index in [4.69, 9.17) is 5.11 Å². The summed E-state index contributed by atoms with van der Waals surface area (Å²) in [5.74, 6) is 0.0713. The van der Waals surface area contributed by atoms with E-state index >= 15 is 0 Å². The van der Waals surface area contributed by atoms with Crippen molar-refractivity contribution in [1.82, 2.24) is 9.97 Å².